The highest BCUT2D eigenvalue weighted by Gasteiger charge is 2.21. The van der Waals surface area contributed by atoms with Gasteiger partial charge in [-0.25, -0.2) is 8.42 Å². The summed E-state index contributed by atoms with van der Waals surface area (Å²) in [5.41, 5.74) is 1.48. The maximum Gasteiger partial charge on any atom is 0.306 e. The van der Waals surface area contributed by atoms with E-state index in [2.05, 4.69) is 10.3 Å². The first kappa shape index (κ1) is 19.7. The molecule has 1 atom stereocenters. The Bertz CT molecular complexity index is 1160. The molecule has 2 heterocycles. The van der Waals surface area contributed by atoms with Crippen LogP contribution >= 0.6 is 11.6 Å². The van der Waals surface area contributed by atoms with E-state index < -0.39 is 9.84 Å². The number of esters is 1. The van der Waals surface area contributed by atoms with E-state index in [-0.39, 0.29) is 21.7 Å². The second-order valence-corrected chi connectivity index (χ2v) is 9.35. The molecule has 1 aliphatic heterocycles. The number of pyridine rings is 1. The molecule has 0 spiro atoms. The lowest BCUT2D eigenvalue weighted by Gasteiger charge is -2.22. The number of carbonyl (C=O) groups excluding carboxylic acids is 1. The van der Waals surface area contributed by atoms with E-state index in [0.717, 1.165) is 12.1 Å². The van der Waals surface area contributed by atoms with Gasteiger partial charge in [0.2, 0.25) is 9.84 Å². The first-order chi connectivity index (χ1) is 13.9. The molecule has 1 saturated heterocycles. The minimum absolute atomic E-state index is 0.125. The van der Waals surface area contributed by atoms with E-state index in [0.29, 0.717) is 35.5 Å². The van der Waals surface area contributed by atoms with Gasteiger partial charge >= 0.3 is 5.97 Å². The molecular formula is C21H19ClN2O4S. The second-order valence-electron chi connectivity index (χ2n) is 6.97. The van der Waals surface area contributed by atoms with Crippen LogP contribution in [0.15, 0.2) is 64.5 Å². The Morgan fingerprint density at radius 2 is 1.93 bits per heavy atom. The van der Waals surface area contributed by atoms with Crippen molar-refractivity contribution >= 4 is 44.0 Å². The van der Waals surface area contributed by atoms with Gasteiger partial charge in [0.1, 0.15) is 0 Å². The highest BCUT2D eigenvalue weighted by molar-refractivity contribution is 7.91. The molecule has 150 valence electrons. The zero-order valence-corrected chi connectivity index (χ0v) is 17.0. The second kappa shape index (κ2) is 8.00. The van der Waals surface area contributed by atoms with Crippen molar-refractivity contribution in [3.63, 3.8) is 0 Å². The van der Waals surface area contributed by atoms with E-state index in [9.17, 15) is 13.2 Å². The molecule has 0 saturated carbocycles. The number of anilines is 1. The van der Waals surface area contributed by atoms with Crippen LogP contribution < -0.4 is 5.32 Å². The minimum Gasteiger partial charge on any atom is -0.466 e. The highest BCUT2D eigenvalue weighted by Crippen LogP contribution is 2.28. The van der Waals surface area contributed by atoms with Gasteiger partial charge in [-0.15, -0.1) is 0 Å². The molecule has 1 aliphatic rings. The molecule has 1 fully saturated rings. The van der Waals surface area contributed by atoms with Crippen molar-refractivity contribution < 1.29 is 17.9 Å². The lowest BCUT2D eigenvalue weighted by molar-refractivity contribution is -0.148. The molecule has 1 aromatic heterocycles. The van der Waals surface area contributed by atoms with Gasteiger partial charge in [-0.05, 0) is 48.7 Å². The summed E-state index contributed by atoms with van der Waals surface area (Å²) in [7, 11) is -3.69. The maximum absolute atomic E-state index is 12.9. The Kier molecular flexibility index (Phi) is 5.43. The number of rotatable bonds is 5. The minimum atomic E-state index is -3.69. The number of aromatic nitrogens is 1. The summed E-state index contributed by atoms with van der Waals surface area (Å²) in [6, 6.07) is 13.2. The van der Waals surface area contributed by atoms with Crippen molar-refractivity contribution in [1.29, 1.82) is 0 Å². The smallest absolute Gasteiger partial charge is 0.306 e. The summed E-state index contributed by atoms with van der Waals surface area (Å²) in [6.07, 6.45) is 2.59. The Hall–Kier alpha value is -2.64. The van der Waals surface area contributed by atoms with Gasteiger partial charge in [0, 0.05) is 23.2 Å². The molecule has 3 aromatic rings. The van der Waals surface area contributed by atoms with E-state index in [1.165, 1.54) is 18.3 Å². The first-order valence-corrected chi connectivity index (χ1v) is 11.1. The predicted molar refractivity (Wildman–Crippen MR) is 111 cm³/mol. The Morgan fingerprint density at radius 1 is 1.14 bits per heavy atom. The van der Waals surface area contributed by atoms with Crippen molar-refractivity contribution in [2.45, 2.75) is 22.6 Å². The number of carbonyl (C=O) groups is 1. The molecular weight excluding hydrogens is 412 g/mol. The van der Waals surface area contributed by atoms with Gasteiger partial charge in [-0.2, -0.15) is 0 Å². The molecule has 4 rings (SSSR count). The van der Waals surface area contributed by atoms with Crippen LogP contribution in [0.5, 0.6) is 0 Å². The molecule has 29 heavy (non-hydrogen) atoms. The Morgan fingerprint density at radius 3 is 2.69 bits per heavy atom. The quantitative estimate of drug-likeness (QED) is 0.614. The number of nitrogens with one attached hydrogen (secondary N) is 1. The SMILES string of the molecule is O=C1CC(CNc2cccc3cc(S(=O)(=O)c4ccc(Cl)cc4)cnc23)CCO1. The molecule has 1 unspecified atom stereocenters. The number of para-hydroxylation sites is 1. The highest BCUT2D eigenvalue weighted by atomic mass is 35.5. The topological polar surface area (TPSA) is 85.4 Å². The Labute approximate surface area is 173 Å². The van der Waals surface area contributed by atoms with E-state index in [4.69, 9.17) is 16.3 Å². The summed E-state index contributed by atoms with van der Waals surface area (Å²) < 4.78 is 30.8. The lowest BCUT2D eigenvalue weighted by atomic mass is 10.00. The molecule has 2 aromatic carbocycles. The lowest BCUT2D eigenvalue weighted by Crippen LogP contribution is -2.26. The van der Waals surface area contributed by atoms with Crippen molar-refractivity contribution in [3.8, 4) is 0 Å². The summed E-state index contributed by atoms with van der Waals surface area (Å²) >= 11 is 5.86. The van der Waals surface area contributed by atoms with E-state index >= 15 is 0 Å². The molecule has 6 nitrogen and oxygen atoms in total. The fourth-order valence-corrected chi connectivity index (χ4v) is 4.71. The summed E-state index contributed by atoms with van der Waals surface area (Å²) in [6.45, 7) is 1.08. The van der Waals surface area contributed by atoms with Gasteiger partial charge in [-0.1, -0.05) is 23.7 Å². The van der Waals surface area contributed by atoms with Crippen LogP contribution in [-0.2, 0) is 19.4 Å². The fourth-order valence-electron chi connectivity index (χ4n) is 3.34. The monoisotopic (exact) mass is 430 g/mol. The third-order valence-corrected chi connectivity index (χ3v) is 6.93. The molecule has 0 amide bonds. The zero-order chi connectivity index (χ0) is 20.4. The van der Waals surface area contributed by atoms with Gasteiger partial charge in [0.25, 0.3) is 0 Å². The number of fused-ring (bicyclic) bond motifs is 1. The number of cyclic esters (lactones) is 1. The first-order valence-electron chi connectivity index (χ1n) is 9.22. The zero-order valence-electron chi connectivity index (χ0n) is 15.5. The van der Waals surface area contributed by atoms with Crippen LogP contribution in [-0.4, -0.2) is 32.5 Å². The van der Waals surface area contributed by atoms with Gasteiger partial charge in [0.05, 0.1) is 34.0 Å². The summed E-state index contributed by atoms with van der Waals surface area (Å²) in [5.74, 6) is 0.0344. The van der Waals surface area contributed by atoms with Crippen LogP contribution in [0.4, 0.5) is 5.69 Å². The van der Waals surface area contributed by atoms with Crippen LogP contribution in [0, 0.1) is 5.92 Å². The molecule has 0 aliphatic carbocycles. The third kappa shape index (κ3) is 4.21. The number of benzene rings is 2. The predicted octanol–water partition coefficient (Wildman–Crippen LogP) is 4.09. The van der Waals surface area contributed by atoms with Gasteiger partial charge < -0.3 is 10.1 Å². The number of nitrogens with zero attached hydrogens (tertiary/aromatic N) is 1. The van der Waals surface area contributed by atoms with E-state index in [1.54, 1.807) is 18.2 Å². The maximum atomic E-state index is 12.9. The number of hydrogen-bond acceptors (Lipinski definition) is 6. The van der Waals surface area contributed by atoms with Crippen molar-refractivity contribution in [1.82, 2.24) is 4.98 Å². The Balaban J connectivity index is 1.60. The van der Waals surface area contributed by atoms with Crippen LogP contribution in [0.1, 0.15) is 12.8 Å². The molecule has 8 heteroatoms. The number of hydrogen-bond donors (Lipinski definition) is 1. The largest absolute Gasteiger partial charge is 0.466 e. The fraction of sp³-hybridized carbons (Fsp3) is 0.238. The summed E-state index contributed by atoms with van der Waals surface area (Å²) in [5, 5.41) is 4.53. The molecule has 0 bridgehead atoms. The normalized spacial score (nSPS) is 17.1. The molecule has 1 N–H and O–H groups in total. The van der Waals surface area contributed by atoms with Crippen molar-refractivity contribution in [2.24, 2.45) is 5.92 Å². The van der Waals surface area contributed by atoms with Crippen molar-refractivity contribution in [2.75, 3.05) is 18.5 Å². The standard InChI is InChI=1S/C21H19ClN2O4S/c22-16-4-6-17(7-5-16)29(26,27)18-11-15-2-1-3-19(21(15)24-13-18)23-12-14-8-9-28-20(25)10-14/h1-7,11,13-14,23H,8-10,12H2. The van der Waals surface area contributed by atoms with Gasteiger partial charge in [-0.3, -0.25) is 9.78 Å². The number of ether oxygens (including phenoxy) is 1. The van der Waals surface area contributed by atoms with Crippen LogP contribution in [0.25, 0.3) is 10.9 Å². The molecule has 0 radical (unpaired) electrons. The van der Waals surface area contributed by atoms with Crippen molar-refractivity contribution in [3.05, 3.63) is 59.8 Å². The van der Waals surface area contributed by atoms with Crippen LogP contribution in [0.3, 0.4) is 0 Å². The number of sulfone groups is 1. The van der Waals surface area contributed by atoms with Gasteiger partial charge in [0.15, 0.2) is 0 Å². The number of halogens is 1. The summed E-state index contributed by atoms with van der Waals surface area (Å²) in [4.78, 5) is 16.1. The van der Waals surface area contributed by atoms with E-state index in [1.807, 2.05) is 18.2 Å². The average Bonchev–Trinajstić information content (AvgIpc) is 2.72. The van der Waals surface area contributed by atoms with Crippen LogP contribution in [0.2, 0.25) is 5.02 Å². The average molecular weight is 431 g/mol. The third-order valence-electron chi connectivity index (χ3n) is 4.95.